The van der Waals surface area contributed by atoms with E-state index in [9.17, 15) is 4.79 Å². The van der Waals surface area contributed by atoms with Gasteiger partial charge in [0.25, 0.3) is 0 Å². The highest BCUT2D eigenvalue weighted by atomic mass is 16.2. The molecular formula is C20H18N4O. The second kappa shape index (κ2) is 6.28. The predicted octanol–water partition coefficient (Wildman–Crippen LogP) is 3.65. The Morgan fingerprint density at radius 2 is 1.80 bits per heavy atom. The molecule has 2 aromatic heterocycles. The van der Waals surface area contributed by atoms with Gasteiger partial charge >= 0.3 is 0 Å². The highest BCUT2D eigenvalue weighted by Crippen LogP contribution is 2.20. The number of hydrogen-bond donors (Lipinski definition) is 3. The SMILES string of the molecule is Cc1[nH]c2ccccc2c1/C=N/NC(=O)Cc1c[nH]c2ccccc12. The second-order valence-electron chi connectivity index (χ2n) is 6.04. The number of aromatic amines is 2. The van der Waals surface area contributed by atoms with Crippen LogP contribution in [0.1, 0.15) is 16.8 Å². The third kappa shape index (κ3) is 2.92. The molecule has 0 aliphatic rings. The fraction of sp³-hybridized carbons (Fsp3) is 0.100. The first-order valence-electron chi connectivity index (χ1n) is 8.16. The van der Waals surface area contributed by atoms with Gasteiger partial charge in [-0.15, -0.1) is 0 Å². The Kier molecular flexibility index (Phi) is 3.82. The third-order valence-corrected chi connectivity index (χ3v) is 4.35. The predicted molar refractivity (Wildman–Crippen MR) is 101 cm³/mol. The van der Waals surface area contributed by atoms with E-state index in [1.165, 1.54) is 0 Å². The fourth-order valence-electron chi connectivity index (χ4n) is 3.12. The average molecular weight is 330 g/mol. The van der Waals surface area contributed by atoms with E-state index >= 15 is 0 Å². The molecular weight excluding hydrogens is 312 g/mol. The molecule has 1 amide bonds. The van der Waals surface area contributed by atoms with E-state index in [1.807, 2.05) is 61.7 Å². The number of nitrogens with one attached hydrogen (secondary N) is 3. The molecule has 3 N–H and O–H groups in total. The first kappa shape index (κ1) is 15.2. The number of rotatable bonds is 4. The minimum Gasteiger partial charge on any atom is -0.361 e. The Labute approximate surface area is 144 Å². The highest BCUT2D eigenvalue weighted by Gasteiger charge is 2.08. The number of hydrazone groups is 1. The number of aromatic nitrogens is 2. The van der Waals surface area contributed by atoms with Crippen LogP contribution in [0.3, 0.4) is 0 Å². The number of para-hydroxylation sites is 2. The molecule has 0 aliphatic carbocycles. The van der Waals surface area contributed by atoms with Crippen LogP contribution in [0.15, 0.2) is 59.8 Å². The second-order valence-corrected chi connectivity index (χ2v) is 6.04. The molecule has 0 saturated carbocycles. The van der Waals surface area contributed by atoms with Gasteiger partial charge in [0, 0.05) is 39.3 Å². The Balaban J connectivity index is 1.48. The molecule has 0 radical (unpaired) electrons. The van der Waals surface area contributed by atoms with Gasteiger partial charge < -0.3 is 9.97 Å². The Bertz CT molecular complexity index is 1090. The van der Waals surface area contributed by atoms with E-state index in [0.717, 1.165) is 38.6 Å². The zero-order chi connectivity index (χ0) is 17.2. The van der Waals surface area contributed by atoms with Crippen molar-refractivity contribution in [3.05, 3.63) is 71.5 Å². The van der Waals surface area contributed by atoms with Crippen molar-refractivity contribution in [2.45, 2.75) is 13.3 Å². The van der Waals surface area contributed by atoms with E-state index in [0.29, 0.717) is 0 Å². The molecule has 5 nitrogen and oxygen atoms in total. The van der Waals surface area contributed by atoms with E-state index < -0.39 is 0 Å². The lowest BCUT2D eigenvalue weighted by molar-refractivity contribution is -0.120. The number of carbonyl (C=O) groups is 1. The minimum absolute atomic E-state index is 0.140. The molecule has 25 heavy (non-hydrogen) atoms. The maximum absolute atomic E-state index is 12.2. The van der Waals surface area contributed by atoms with Crippen LogP contribution in [0.5, 0.6) is 0 Å². The van der Waals surface area contributed by atoms with Crippen LogP contribution in [-0.4, -0.2) is 22.1 Å². The summed E-state index contributed by atoms with van der Waals surface area (Å²) >= 11 is 0. The molecule has 4 rings (SSSR count). The van der Waals surface area contributed by atoms with Crippen LogP contribution < -0.4 is 5.43 Å². The van der Waals surface area contributed by atoms with Crippen molar-refractivity contribution < 1.29 is 4.79 Å². The van der Waals surface area contributed by atoms with Crippen molar-refractivity contribution in [2.75, 3.05) is 0 Å². The first-order chi connectivity index (χ1) is 12.2. The summed E-state index contributed by atoms with van der Waals surface area (Å²) < 4.78 is 0. The lowest BCUT2D eigenvalue weighted by Gasteiger charge is -1.99. The van der Waals surface area contributed by atoms with Crippen LogP contribution >= 0.6 is 0 Å². The molecule has 2 aromatic carbocycles. The van der Waals surface area contributed by atoms with Gasteiger partial charge in [0.2, 0.25) is 5.91 Å². The topological polar surface area (TPSA) is 73.0 Å². The van der Waals surface area contributed by atoms with Gasteiger partial charge in [-0.2, -0.15) is 5.10 Å². The highest BCUT2D eigenvalue weighted by molar-refractivity contribution is 6.01. The molecule has 0 bridgehead atoms. The maximum Gasteiger partial charge on any atom is 0.244 e. The lowest BCUT2D eigenvalue weighted by atomic mass is 10.1. The van der Waals surface area contributed by atoms with Gasteiger partial charge in [-0.1, -0.05) is 36.4 Å². The van der Waals surface area contributed by atoms with Gasteiger partial charge in [0.15, 0.2) is 0 Å². The van der Waals surface area contributed by atoms with Gasteiger partial charge in [-0.3, -0.25) is 4.79 Å². The minimum atomic E-state index is -0.140. The number of benzene rings is 2. The largest absolute Gasteiger partial charge is 0.361 e. The number of amides is 1. The van der Waals surface area contributed by atoms with Crippen molar-refractivity contribution >= 4 is 33.9 Å². The van der Waals surface area contributed by atoms with Crippen molar-refractivity contribution in [1.29, 1.82) is 0 Å². The van der Waals surface area contributed by atoms with Crippen molar-refractivity contribution in [3.8, 4) is 0 Å². The summed E-state index contributed by atoms with van der Waals surface area (Å²) in [7, 11) is 0. The monoisotopic (exact) mass is 330 g/mol. The Hall–Kier alpha value is -3.34. The van der Waals surface area contributed by atoms with E-state index in [4.69, 9.17) is 0 Å². The maximum atomic E-state index is 12.2. The standard InChI is InChI=1S/C20H18N4O/c1-13-17(16-7-3-5-9-19(16)23-13)12-22-24-20(25)10-14-11-21-18-8-4-2-6-15(14)18/h2-9,11-12,21,23H,10H2,1H3,(H,24,25)/b22-12+. The van der Waals surface area contributed by atoms with E-state index in [-0.39, 0.29) is 12.3 Å². The van der Waals surface area contributed by atoms with Gasteiger partial charge in [-0.25, -0.2) is 5.43 Å². The smallest absolute Gasteiger partial charge is 0.244 e. The summed E-state index contributed by atoms with van der Waals surface area (Å²) in [4.78, 5) is 18.7. The van der Waals surface area contributed by atoms with E-state index in [2.05, 4.69) is 20.5 Å². The van der Waals surface area contributed by atoms with Crippen molar-refractivity contribution in [1.82, 2.24) is 15.4 Å². The number of H-pyrrole nitrogens is 2. The summed E-state index contributed by atoms with van der Waals surface area (Å²) in [5, 5.41) is 6.29. The number of fused-ring (bicyclic) bond motifs is 2. The van der Waals surface area contributed by atoms with Gasteiger partial charge in [0.1, 0.15) is 0 Å². The summed E-state index contributed by atoms with van der Waals surface area (Å²) in [5.74, 6) is -0.140. The van der Waals surface area contributed by atoms with Crippen LogP contribution in [0.25, 0.3) is 21.8 Å². The molecule has 0 spiro atoms. The molecule has 5 heteroatoms. The number of hydrogen-bond acceptors (Lipinski definition) is 2. The molecule has 0 aliphatic heterocycles. The summed E-state index contributed by atoms with van der Waals surface area (Å²) in [5.41, 5.74) is 7.69. The molecule has 2 heterocycles. The molecule has 0 fully saturated rings. The lowest BCUT2D eigenvalue weighted by Crippen LogP contribution is -2.19. The third-order valence-electron chi connectivity index (χ3n) is 4.35. The summed E-state index contributed by atoms with van der Waals surface area (Å²) in [6, 6.07) is 16.0. The van der Waals surface area contributed by atoms with Crippen molar-refractivity contribution in [2.24, 2.45) is 5.10 Å². The zero-order valence-electron chi connectivity index (χ0n) is 13.8. The Morgan fingerprint density at radius 1 is 1.08 bits per heavy atom. The number of carbonyl (C=O) groups excluding carboxylic acids is 1. The molecule has 124 valence electrons. The van der Waals surface area contributed by atoms with Crippen LogP contribution in [0.4, 0.5) is 0 Å². The first-order valence-corrected chi connectivity index (χ1v) is 8.16. The Morgan fingerprint density at radius 3 is 2.64 bits per heavy atom. The number of nitrogens with zero attached hydrogens (tertiary/aromatic N) is 1. The normalized spacial score (nSPS) is 11.6. The van der Waals surface area contributed by atoms with E-state index in [1.54, 1.807) is 6.21 Å². The van der Waals surface area contributed by atoms with Crippen LogP contribution in [-0.2, 0) is 11.2 Å². The molecule has 4 aromatic rings. The molecule has 0 unspecified atom stereocenters. The number of aryl methyl sites for hydroxylation is 1. The quantitative estimate of drug-likeness (QED) is 0.388. The van der Waals surface area contributed by atoms with Crippen LogP contribution in [0.2, 0.25) is 0 Å². The zero-order valence-corrected chi connectivity index (χ0v) is 13.8. The molecule has 0 saturated heterocycles. The summed E-state index contributed by atoms with van der Waals surface area (Å²) in [6.45, 7) is 2.00. The average Bonchev–Trinajstić information content (AvgIpc) is 3.16. The fourth-order valence-corrected chi connectivity index (χ4v) is 3.12. The molecule has 0 atom stereocenters. The van der Waals surface area contributed by atoms with Crippen LogP contribution in [0, 0.1) is 6.92 Å². The van der Waals surface area contributed by atoms with Gasteiger partial charge in [0.05, 0.1) is 12.6 Å². The van der Waals surface area contributed by atoms with Crippen molar-refractivity contribution in [3.63, 3.8) is 0 Å². The van der Waals surface area contributed by atoms with Gasteiger partial charge in [-0.05, 0) is 24.6 Å². The summed E-state index contributed by atoms with van der Waals surface area (Å²) in [6.07, 6.45) is 3.85.